The Hall–Kier alpha value is -1.55. The molecule has 2 aliphatic rings. The van der Waals surface area contributed by atoms with Gasteiger partial charge in [-0.25, -0.2) is 23.0 Å². The lowest BCUT2D eigenvalue weighted by Crippen LogP contribution is -2.46. The Bertz CT molecular complexity index is 771. The van der Waals surface area contributed by atoms with Crippen molar-refractivity contribution in [2.75, 3.05) is 7.11 Å². The largest absolute Gasteiger partial charge is 0.468 e. The summed E-state index contributed by atoms with van der Waals surface area (Å²) in [5, 5.41) is 0. The first-order valence-corrected chi connectivity index (χ1v) is 9.67. The second kappa shape index (κ2) is 6.99. The normalized spacial score (nSPS) is 29.2. The monoisotopic (exact) mass is 371 g/mol. The maximum atomic E-state index is 13.7. The molecule has 1 aliphatic heterocycles. The van der Waals surface area contributed by atoms with Crippen LogP contribution in [0.25, 0.3) is 0 Å². The van der Waals surface area contributed by atoms with Gasteiger partial charge in [0.2, 0.25) is 10.0 Å². The smallest absolute Gasteiger partial charge is 0.324 e. The third-order valence-electron chi connectivity index (χ3n) is 4.98. The van der Waals surface area contributed by atoms with Gasteiger partial charge in [-0.1, -0.05) is 6.07 Å². The van der Waals surface area contributed by atoms with Crippen LogP contribution in [0, 0.1) is 18.7 Å². The molecule has 3 N–H and O–H groups in total. The van der Waals surface area contributed by atoms with Crippen molar-refractivity contribution < 1.29 is 22.3 Å². The molecule has 1 aromatic carbocycles. The minimum atomic E-state index is -3.82. The zero-order valence-electron chi connectivity index (χ0n) is 14.1. The maximum Gasteiger partial charge on any atom is 0.324 e. The number of halogens is 1. The third-order valence-corrected chi connectivity index (χ3v) is 6.50. The number of hydrazine groups is 1. The van der Waals surface area contributed by atoms with Crippen LogP contribution in [0.2, 0.25) is 0 Å². The molecule has 138 valence electrons. The van der Waals surface area contributed by atoms with E-state index in [4.69, 9.17) is 4.74 Å². The van der Waals surface area contributed by atoms with Gasteiger partial charge >= 0.3 is 5.97 Å². The van der Waals surface area contributed by atoms with E-state index in [1.807, 2.05) is 0 Å². The molecule has 25 heavy (non-hydrogen) atoms. The quantitative estimate of drug-likeness (QED) is 0.671. The van der Waals surface area contributed by atoms with E-state index in [-0.39, 0.29) is 28.9 Å². The molecule has 4 unspecified atom stereocenters. The van der Waals surface area contributed by atoms with Crippen molar-refractivity contribution in [1.29, 1.82) is 0 Å². The molecule has 0 aromatic heterocycles. The molecular formula is C16H22FN3O4S. The first kappa shape index (κ1) is 18.2. The summed E-state index contributed by atoms with van der Waals surface area (Å²) in [4.78, 5) is 11.8. The lowest BCUT2D eigenvalue weighted by molar-refractivity contribution is -0.144. The molecule has 3 rings (SSSR count). The average Bonchev–Trinajstić information content (AvgIpc) is 2.99. The number of fused-ring (bicyclic) bond motifs is 1. The summed E-state index contributed by atoms with van der Waals surface area (Å²) in [7, 11) is -2.49. The van der Waals surface area contributed by atoms with E-state index in [0.29, 0.717) is 18.4 Å². The van der Waals surface area contributed by atoms with Crippen LogP contribution in [-0.2, 0) is 19.6 Å². The summed E-state index contributed by atoms with van der Waals surface area (Å²) in [5.74, 6) is -0.991. The maximum absolute atomic E-state index is 13.7. The van der Waals surface area contributed by atoms with E-state index in [1.54, 1.807) is 6.92 Å². The van der Waals surface area contributed by atoms with Crippen molar-refractivity contribution in [3.05, 3.63) is 29.6 Å². The van der Waals surface area contributed by atoms with Crippen molar-refractivity contribution in [3.63, 3.8) is 0 Å². The zero-order valence-corrected chi connectivity index (χ0v) is 14.9. The molecule has 0 bridgehead atoms. The van der Waals surface area contributed by atoms with Gasteiger partial charge in [0, 0.05) is 18.0 Å². The third kappa shape index (κ3) is 3.69. The molecule has 0 spiro atoms. The molecule has 7 nitrogen and oxygen atoms in total. The van der Waals surface area contributed by atoms with Crippen LogP contribution in [0.15, 0.2) is 23.1 Å². The lowest BCUT2D eigenvalue weighted by Gasteiger charge is -2.32. The van der Waals surface area contributed by atoms with Gasteiger partial charge in [0.05, 0.1) is 12.0 Å². The minimum absolute atomic E-state index is 0.0661. The highest BCUT2D eigenvalue weighted by atomic mass is 32.2. The molecule has 0 radical (unpaired) electrons. The van der Waals surface area contributed by atoms with Crippen molar-refractivity contribution in [2.45, 2.75) is 49.2 Å². The fraction of sp³-hybridized carbons (Fsp3) is 0.562. The number of aryl methyl sites for hydroxylation is 1. The number of hydrogen-bond donors (Lipinski definition) is 3. The Morgan fingerprint density at radius 1 is 1.32 bits per heavy atom. The highest BCUT2D eigenvalue weighted by molar-refractivity contribution is 7.89. The predicted octanol–water partition coefficient (Wildman–Crippen LogP) is 0.599. The molecule has 9 heteroatoms. The summed E-state index contributed by atoms with van der Waals surface area (Å²) < 4.78 is 46.2. The van der Waals surface area contributed by atoms with Gasteiger partial charge in [-0.15, -0.1) is 0 Å². The number of rotatable bonds is 4. The van der Waals surface area contributed by atoms with Gasteiger partial charge in [0.15, 0.2) is 0 Å². The second-order valence-electron chi connectivity index (χ2n) is 6.60. The molecular weight excluding hydrogens is 349 g/mol. The Balaban J connectivity index is 1.72. The van der Waals surface area contributed by atoms with Gasteiger partial charge in [0.25, 0.3) is 0 Å². The fourth-order valence-electron chi connectivity index (χ4n) is 3.55. The van der Waals surface area contributed by atoms with Crippen LogP contribution in [-0.4, -0.2) is 39.6 Å². The van der Waals surface area contributed by atoms with E-state index in [1.165, 1.54) is 19.2 Å². The number of carbonyl (C=O) groups excluding carboxylic acids is 1. The molecule has 1 saturated carbocycles. The van der Waals surface area contributed by atoms with Gasteiger partial charge in [0.1, 0.15) is 11.9 Å². The van der Waals surface area contributed by atoms with Crippen LogP contribution in [0.1, 0.15) is 24.8 Å². The molecule has 1 heterocycles. The molecule has 0 amide bonds. The summed E-state index contributed by atoms with van der Waals surface area (Å²) >= 11 is 0. The fourth-order valence-corrected chi connectivity index (χ4v) is 4.85. The first-order chi connectivity index (χ1) is 11.8. The first-order valence-electron chi connectivity index (χ1n) is 8.19. The van der Waals surface area contributed by atoms with E-state index in [2.05, 4.69) is 15.6 Å². The van der Waals surface area contributed by atoms with Crippen LogP contribution >= 0.6 is 0 Å². The highest BCUT2D eigenvalue weighted by Gasteiger charge is 2.44. The standard InChI is InChI=1S/C16H22FN3O4S/c1-9-3-5-11(8-13(9)17)25(22,23)20-10-4-6-14-12(7-10)15(19-18-14)16(21)24-2/h3,5,8,10,12,14-15,18-20H,4,6-7H2,1-2H3. The van der Waals surface area contributed by atoms with E-state index < -0.39 is 21.9 Å². The zero-order chi connectivity index (χ0) is 18.2. The molecule has 4 atom stereocenters. The molecule has 1 aromatic rings. The number of esters is 1. The summed E-state index contributed by atoms with van der Waals surface area (Å²) in [6, 6.07) is 3.14. The van der Waals surface area contributed by atoms with Gasteiger partial charge in [-0.05, 0) is 43.9 Å². The van der Waals surface area contributed by atoms with Crippen LogP contribution in [0.5, 0.6) is 0 Å². The average molecular weight is 371 g/mol. The summed E-state index contributed by atoms with van der Waals surface area (Å²) in [5.41, 5.74) is 6.39. The summed E-state index contributed by atoms with van der Waals surface area (Å²) in [6.07, 6.45) is 1.86. The van der Waals surface area contributed by atoms with Gasteiger partial charge < -0.3 is 4.74 Å². The number of sulfonamides is 1. The van der Waals surface area contributed by atoms with Crippen molar-refractivity contribution in [3.8, 4) is 0 Å². The molecule has 1 aliphatic carbocycles. The number of methoxy groups -OCH3 is 1. The van der Waals surface area contributed by atoms with Crippen LogP contribution in [0.3, 0.4) is 0 Å². The van der Waals surface area contributed by atoms with E-state index in [9.17, 15) is 17.6 Å². The Kier molecular flexibility index (Phi) is 5.10. The van der Waals surface area contributed by atoms with E-state index >= 15 is 0 Å². The number of nitrogens with one attached hydrogen (secondary N) is 3. The number of benzene rings is 1. The second-order valence-corrected chi connectivity index (χ2v) is 8.32. The number of carbonyl (C=O) groups is 1. The van der Waals surface area contributed by atoms with Crippen molar-refractivity contribution in [1.82, 2.24) is 15.6 Å². The molecule has 2 fully saturated rings. The van der Waals surface area contributed by atoms with Crippen molar-refractivity contribution >= 4 is 16.0 Å². The van der Waals surface area contributed by atoms with Crippen molar-refractivity contribution in [2.24, 2.45) is 5.92 Å². The molecule has 1 saturated heterocycles. The van der Waals surface area contributed by atoms with Crippen LogP contribution < -0.4 is 15.6 Å². The highest BCUT2D eigenvalue weighted by Crippen LogP contribution is 2.31. The summed E-state index contributed by atoms with van der Waals surface area (Å²) in [6.45, 7) is 1.58. The topological polar surface area (TPSA) is 96.5 Å². The Labute approximate surface area is 146 Å². The van der Waals surface area contributed by atoms with Gasteiger partial charge in [-0.2, -0.15) is 0 Å². The Morgan fingerprint density at radius 2 is 2.08 bits per heavy atom. The Morgan fingerprint density at radius 3 is 2.76 bits per heavy atom. The van der Waals surface area contributed by atoms with Gasteiger partial charge in [-0.3, -0.25) is 10.2 Å². The van der Waals surface area contributed by atoms with Crippen LogP contribution in [0.4, 0.5) is 4.39 Å². The number of ether oxygens (including phenoxy) is 1. The predicted molar refractivity (Wildman–Crippen MR) is 88.5 cm³/mol. The lowest BCUT2D eigenvalue weighted by atomic mass is 9.79. The number of hydrogen-bond acceptors (Lipinski definition) is 6. The SMILES string of the molecule is COC(=O)C1NNC2CCC(NS(=O)(=O)c3ccc(C)c(F)c3)CC21. The van der Waals surface area contributed by atoms with E-state index in [0.717, 1.165) is 12.5 Å². The minimum Gasteiger partial charge on any atom is -0.468 e.